The van der Waals surface area contributed by atoms with E-state index >= 15 is 0 Å². The van der Waals surface area contributed by atoms with E-state index in [4.69, 9.17) is 5.26 Å². The van der Waals surface area contributed by atoms with Crippen molar-refractivity contribution in [3.05, 3.63) is 23.9 Å². The molecule has 2 heterocycles. The van der Waals surface area contributed by atoms with E-state index in [2.05, 4.69) is 35.3 Å². The van der Waals surface area contributed by atoms with Gasteiger partial charge in [0.05, 0.1) is 5.56 Å². The molecule has 1 aliphatic heterocycles. The maximum absolute atomic E-state index is 9.03. The average Bonchev–Trinajstić information content (AvgIpc) is 2.34. The lowest BCUT2D eigenvalue weighted by molar-refractivity contribution is 0.135. The third kappa shape index (κ3) is 2.56. The second-order valence-corrected chi connectivity index (χ2v) is 4.66. The summed E-state index contributed by atoms with van der Waals surface area (Å²) in [5, 5.41) is 11.2. The van der Waals surface area contributed by atoms with E-state index < -0.39 is 0 Å². The maximum Gasteiger partial charge on any atom is 0.158 e. The first-order valence-electron chi connectivity index (χ1n) is 6.12. The third-order valence-corrected chi connectivity index (χ3v) is 3.36. The Morgan fingerprint density at radius 2 is 2.12 bits per heavy atom. The molecule has 0 saturated carbocycles. The molecule has 0 amide bonds. The van der Waals surface area contributed by atoms with Crippen molar-refractivity contribution >= 4 is 5.82 Å². The number of piperidine rings is 1. The van der Waals surface area contributed by atoms with Crippen LogP contribution in [0.15, 0.2) is 18.3 Å². The number of hydrazine groups is 1. The van der Waals surface area contributed by atoms with Crippen molar-refractivity contribution in [1.29, 1.82) is 5.26 Å². The van der Waals surface area contributed by atoms with Gasteiger partial charge in [0.2, 0.25) is 0 Å². The van der Waals surface area contributed by atoms with Crippen LogP contribution in [0.5, 0.6) is 0 Å². The van der Waals surface area contributed by atoms with Crippen LogP contribution in [-0.2, 0) is 0 Å². The molecule has 2 unspecified atom stereocenters. The lowest BCUT2D eigenvalue weighted by Crippen LogP contribution is -2.47. The molecule has 1 aliphatic rings. The first kappa shape index (κ1) is 11.9. The highest BCUT2D eigenvalue weighted by atomic mass is 15.5. The second-order valence-electron chi connectivity index (χ2n) is 4.66. The predicted octanol–water partition coefficient (Wildman–Crippen LogP) is 2.54. The summed E-state index contributed by atoms with van der Waals surface area (Å²) in [4.78, 5) is 4.24. The Labute approximate surface area is 102 Å². The van der Waals surface area contributed by atoms with Gasteiger partial charge in [-0.25, -0.2) is 9.99 Å². The summed E-state index contributed by atoms with van der Waals surface area (Å²) < 4.78 is 0. The van der Waals surface area contributed by atoms with Crippen LogP contribution in [0, 0.1) is 11.3 Å². The van der Waals surface area contributed by atoms with Crippen molar-refractivity contribution in [1.82, 2.24) is 9.99 Å². The molecule has 90 valence electrons. The number of hydrogen-bond acceptors (Lipinski definition) is 4. The molecule has 1 saturated heterocycles. The highest BCUT2D eigenvalue weighted by Gasteiger charge is 2.25. The Morgan fingerprint density at radius 1 is 1.41 bits per heavy atom. The van der Waals surface area contributed by atoms with Gasteiger partial charge in [-0.15, -0.1) is 0 Å². The van der Waals surface area contributed by atoms with Gasteiger partial charge in [-0.05, 0) is 38.8 Å². The van der Waals surface area contributed by atoms with Gasteiger partial charge in [-0.2, -0.15) is 5.26 Å². The van der Waals surface area contributed by atoms with E-state index in [0.717, 1.165) is 0 Å². The lowest BCUT2D eigenvalue weighted by atomic mass is 10.00. The van der Waals surface area contributed by atoms with Crippen LogP contribution in [0.25, 0.3) is 0 Å². The van der Waals surface area contributed by atoms with Gasteiger partial charge in [0, 0.05) is 18.3 Å². The van der Waals surface area contributed by atoms with Crippen LogP contribution < -0.4 is 5.43 Å². The quantitative estimate of drug-likeness (QED) is 0.848. The molecule has 0 radical (unpaired) electrons. The molecule has 4 nitrogen and oxygen atoms in total. The van der Waals surface area contributed by atoms with E-state index in [1.54, 1.807) is 18.3 Å². The van der Waals surface area contributed by atoms with Gasteiger partial charge in [0.1, 0.15) is 6.07 Å². The Kier molecular flexibility index (Phi) is 3.60. The highest BCUT2D eigenvalue weighted by molar-refractivity contribution is 5.50. The summed E-state index contributed by atoms with van der Waals surface area (Å²) in [6, 6.07) is 6.69. The molecule has 0 aromatic carbocycles. The van der Waals surface area contributed by atoms with E-state index in [9.17, 15) is 0 Å². The van der Waals surface area contributed by atoms with Crippen molar-refractivity contribution in [2.75, 3.05) is 5.43 Å². The maximum atomic E-state index is 9.03. The fourth-order valence-electron chi connectivity index (χ4n) is 2.35. The average molecular weight is 230 g/mol. The van der Waals surface area contributed by atoms with Gasteiger partial charge in [-0.1, -0.05) is 6.42 Å². The number of rotatable bonds is 2. The summed E-state index contributed by atoms with van der Waals surface area (Å²) >= 11 is 0. The molecular formula is C13H18N4. The van der Waals surface area contributed by atoms with Crippen molar-refractivity contribution in [2.45, 2.75) is 45.2 Å². The number of hydrogen-bond donors (Lipinski definition) is 1. The molecule has 4 heteroatoms. The van der Waals surface area contributed by atoms with Gasteiger partial charge >= 0.3 is 0 Å². The van der Waals surface area contributed by atoms with Crippen molar-refractivity contribution < 1.29 is 0 Å². The fraction of sp³-hybridized carbons (Fsp3) is 0.538. The number of aromatic nitrogens is 1. The number of nitrogens with one attached hydrogen (secondary N) is 1. The third-order valence-electron chi connectivity index (χ3n) is 3.36. The summed E-state index contributed by atoms with van der Waals surface area (Å²) in [7, 11) is 0. The van der Waals surface area contributed by atoms with E-state index in [0.29, 0.717) is 23.5 Å². The Hall–Kier alpha value is -1.60. The molecule has 1 aromatic heterocycles. The highest BCUT2D eigenvalue weighted by Crippen LogP contribution is 2.23. The van der Waals surface area contributed by atoms with Gasteiger partial charge in [-0.3, -0.25) is 0 Å². The normalized spacial score (nSPS) is 25.2. The molecule has 0 bridgehead atoms. The predicted molar refractivity (Wildman–Crippen MR) is 67.2 cm³/mol. The van der Waals surface area contributed by atoms with Crippen LogP contribution in [0.2, 0.25) is 0 Å². The van der Waals surface area contributed by atoms with Gasteiger partial charge in [0.25, 0.3) is 0 Å². The standard InChI is InChI=1S/C13H18N4/c1-10-5-3-6-11(2)17(10)16-13-12(9-14)7-4-8-15-13/h4,7-8,10-11H,3,5-6H2,1-2H3,(H,15,16). The Morgan fingerprint density at radius 3 is 2.76 bits per heavy atom. The summed E-state index contributed by atoms with van der Waals surface area (Å²) in [6.45, 7) is 4.41. The zero-order chi connectivity index (χ0) is 12.3. The van der Waals surface area contributed by atoms with Crippen LogP contribution in [0.3, 0.4) is 0 Å². The Bertz CT molecular complexity index is 414. The van der Waals surface area contributed by atoms with E-state index in [1.165, 1.54) is 19.3 Å². The number of anilines is 1. The zero-order valence-electron chi connectivity index (χ0n) is 10.3. The summed E-state index contributed by atoms with van der Waals surface area (Å²) in [6.07, 6.45) is 5.36. The molecule has 0 spiro atoms. The first-order chi connectivity index (χ1) is 8.22. The minimum Gasteiger partial charge on any atom is -0.301 e. The summed E-state index contributed by atoms with van der Waals surface area (Å²) in [5.74, 6) is 0.663. The molecular weight excluding hydrogens is 212 g/mol. The molecule has 0 aliphatic carbocycles. The minimum absolute atomic E-state index is 0.479. The van der Waals surface area contributed by atoms with Crippen molar-refractivity contribution in [3.8, 4) is 6.07 Å². The number of nitriles is 1. The van der Waals surface area contributed by atoms with Crippen LogP contribution in [-0.4, -0.2) is 22.1 Å². The smallest absolute Gasteiger partial charge is 0.158 e. The molecule has 2 atom stereocenters. The number of pyridine rings is 1. The largest absolute Gasteiger partial charge is 0.301 e. The van der Waals surface area contributed by atoms with Crippen LogP contribution >= 0.6 is 0 Å². The van der Waals surface area contributed by atoms with Crippen LogP contribution in [0.1, 0.15) is 38.7 Å². The van der Waals surface area contributed by atoms with E-state index in [1.807, 2.05) is 0 Å². The summed E-state index contributed by atoms with van der Waals surface area (Å²) in [5.41, 5.74) is 3.89. The monoisotopic (exact) mass is 230 g/mol. The van der Waals surface area contributed by atoms with Crippen molar-refractivity contribution in [3.63, 3.8) is 0 Å². The zero-order valence-corrected chi connectivity index (χ0v) is 10.3. The lowest BCUT2D eigenvalue weighted by Gasteiger charge is -2.39. The second kappa shape index (κ2) is 5.15. The first-order valence-corrected chi connectivity index (χ1v) is 6.12. The minimum atomic E-state index is 0.479. The topological polar surface area (TPSA) is 52.0 Å². The molecule has 2 rings (SSSR count). The fourth-order valence-corrected chi connectivity index (χ4v) is 2.35. The molecule has 1 N–H and O–H groups in total. The molecule has 17 heavy (non-hydrogen) atoms. The van der Waals surface area contributed by atoms with E-state index in [-0.39, 0.29) is 0 Å². The molecule has 1 fully saturated rings. The van der Waals surface area contributed by atoms with Gasteiger partial charge < -0.3 is 5.43 Å². The van der Waals surface area contributed by atoms with Crippen molar-refractivity contribution in [2.24, 2.45) is 0 Å². The number of nitrogens with zero attached hydrogens (tertiary/aromatic N) is 3. The Balaban J connectivity index is 2.17. The molecule has 1 aromatic rings. The SMILES string of the molecule is CC1CCCC(C)N1Nc1ncccc1C#N. The van der Waals surface area contributed by atoms with Crippen LogP contribution in [0.4, 0.5) is 5.82 Å². The van der Waals surface area contributed by atoms with Gasteiger partial charge in [0.15, 0.2) is 5.82 Å².